The van der Waals surface area contributed by atoms with Gasteiger partial charge in [0.05, 0.1) is 15.6 Å². The van der Waals surface area contributed by atoms with Gasteiger partial charge in [0.2, 0.25) is 11.8 Å². The maximum atomic E-state index is 14.2. The van der Waals surface area contributed by atoms with E-state index in [9.17, 15) is 18.0 Å². The Morgan fingerprint density at radius 2 is 1.56 bits per heavy atom. The SMILES string of the molecule is CCC(C(=O)NC1CCCC1)N(Cc1ccc(Cl)cc1)C(=O)CN(c1cc(Cl)ccc1Cl)S(=O)(=O)c1ccccc1. The van der Waals surface area contributed by atoms with Gasteiger partial charge in [-0.25, -0.2) is 8.42 Å². The minimum atomic E-state index is -4.25. The first-order chi connectivity index (χ1) is 19.6. The topological polar surface area (TPSA) is 86.8 Å². The summed E-state index contributed by atoms with van der Waals surface area (Å²) in [6.45, 7) is 1.31. The number of sulfonamides is 1. The second-order valence-electron chi connectivity index (χ2n) is 9.98. The maximum Gasteiger partial charge on any atom is 0.264 e. The molecule has 1 unspecified atom stereocenters. The van der Waals surface area contributed by atoms with Crippen LogP contribution in [0.25, 0.3) is 0 Å². The zero-order valence-electron chi connectivity index (χ0n) is 22.6. The molecule has 4 rings (SSSR count). The molecule has 0 aliphatic heterocycles. The zero-order valence-corrected chi connectivity index (χ0v) is 25.7. The average molecular weight is 637 g/mol. The van der Waals surface area contributed by atoms with E-state index >= 15 is 0 Å². The summed E-state index contributed by atoms with van der Waals surface area (Å²) in [4.78, 5) is 29.1. The predicted molar refractivity (Wildman–Crippen MR) is 164 cm³/mol. The van der Waals surface area contributed by atoms with Crippen LogP contribution in [0.4, 0.5) is 5.69 Å². The fraction of sp³-hybridized carbons (Fsp3) is 0.333. The Bertz CT molecular complexity index is 1460. The molecule has 11 heteroatoms. The highest BCUT2D eigenvalue weighted by Crippen LogP contribution is 2.33. The first-order valence-electron chi connectivity index (χ1n) is 13.5. The molecule has 0 spiro atoms. The van der Waals surface area contributed by atoms with E-state index in [1.165, 1.54) is 35.2 Å². The van der Waals surface area contributed by atoms with Crippen LogP contribution in [-0.4, -0.2) is 43.8 Å². The highest BCUT2D eigenvalue weighted by molar-refractivity contribution is 7.92. The Labute approximate surface area is 256 Å². The highest BCUT2D eigenvalue weighted by Gasteiger charge is 2.35. The number of anilines is 1. The van der Waals surface area contributed by atoms with Crippen molar-refractivity contribution in [3.8, 4) is 0 Å². The molecule has 0 heterocycles. The summed E-state index contributed by atoms with van der Waals surface area (Å²) in [5.41, 5.74) is 0.805. The van der Waals surface area contributed by atoms with E-state index in [0.29, 0.717) is 11.4 Å². The molecule has 3 aromatic rings. The summed E-state index contributed by atoms with van der Waals surface area (Å²) in [6.07, 6.45) is 4.21. The Morgan fingerprint density at radius 1 is 0.927 bits per heavy atom. The molecule has 2 amide bonds. The van der Waals surface area contributed by atoms with E-state index in [0.717, 1.165) is 35.6 Å². The van der Waals surface area contributed by atoms with Gasteiger partial charge < -0.3 is 10.2 Å². The minimum Gasteiger partial charge on any atom is -0.352 e. The van der Waals surface area contributed by atoms with Crippen molar-refractivity contribution in [3.05, 3.63) is 93.4 Å². The largest absolute Gasteiger partial charge is 0.352 e. The lowest BCUT2D eigenvalue weighted by Gasteiger charge is -2.34. The minimum absolute atomic E-state index is 0.0147. The van der Waals surface area contributed by atoms with Gasteiger partial charge in [-0.3, -0.25) is 13.9 Å². The fourth-order valence-electron chi connectivity index (χ4n) is 4.98. The molecule has 3 aromatic carbocycles. The summed E-state index contributed by atoms with van der Waals surface area (Å²) in [5.74, 6) is -0.830. The van der Waals surface area contributed by atoms with E-state index in [1.807, 2.05) is 6.92 Å². The van der Waals surface area contributed by atoms with Crippen molar-refractivity contribution in [1.29, 1.82) is 0 Å². The summed E-state index contributed by atoms with van der Waals surface area (Å²) in [6, 6.07) is 18.4. The first kappa shape index (κ1) is 31.2. The normalized spacial score (nSPS) is 14.4. The van der Waals surface area contributed by atoms with E-state index in [-0.39, 0.29) is 39.1 Å². The van der Waals surface area contributed by atoms with Crippen LogP contribution in [0.2, 0.25) is 15.1 Å². The molecule has 1 aliphatic rings. The van der Waals surface area contributed by atoms with E-state index in [2.05, 4.69) is 5.32 Å². The van der Waals surface area contributed by atoms with Crippen molar-refractivity contribution in [3.63, 3.8) is 0 Å². The predicted octanol–water partition coefficient (Wildman–Crippen LogP) is 6.71. The summed E-state index contributed by atoms with van der Waals surface area (Å²) in [5, 5.41) is 3.99. The summed E-state index contributed by atoms with van der Waals surface area (Å²) < 4.78 is 28.8. The van der Waals surface area contributed by atoms with Crippen LogP contribution in [0.3, 0.4) is 0 Å². The van der Waals surface area contributed by atoms with Gasteiger partial charge in [-0.2, -0.15) is 0 Å². The third-order valence-electron chi connectivity index (χ3n) is 7.14. The number of halogens is 3. The second-order valence-corrected chi connectivity index (χ2v) is 13.1. The van der Waals surface area contributed by atoms with Crippen molar-refractivity contribution < 1.29 is 18.0 Å². The fourth-order valence-corrected chi connectivity index (χ4v) is 6.99. The number of benzene rings is 3. The molecule has 218 valence electrons. The molecule has 41 heavy (non-hydrogen) atoms. The number of hydrogen-bond acceptors (Lipinski definition) is 4. The van der Waals surface area contributed by atoms with Crippen molar-refractivity contribution in [2.75, 3.05) is 10.8 Å². The molecule has 1 N–H and O–H groups in total. The van der Waals surface area contributed by atoms with Crippen molar-refractivity contribution in [2.45, 2.75) is 62.6 Å². The van der Waals surface area contributed by atoms with Crippen LogP contribution >= 0.6 is 34.8 Å². The lowest BCUT2D eigenvalue weighted by molar-refractivity contribution is -0.140. The molecule has 1 aliphatic carbocycles. The zero-order chi connectivity index (χ0) is 29.6. The molecule has 0 aromatic heterocycles. The molecule has 7 nitrogen and oxygen atoms in total. The van der Waals surface area contributed by atoms with Gasteiger partial charge in [-0.15, -0.1) is 0 Å². The number of carbonyl (C=O) groups is 2. The third kappa shape index (κ3) is 7.74. The number of amides is 2. The summed E-state index contributed by atoms with van der Waals surface area (Å²) >= 11 is 18.8. The molecular formula is C30H32Cl3N3O4S. The third-order valence-corrected chi connectivity index (χ3v) is 9.72. The molecular weight excluding hydrogens is 605 g/mol. The van der Waals surface area contributed by atoms with E-state index in [4.69, 9.17) is 34.8 Å². The second kappa shape index (κ2) is 13.9. The van der Waals surface area contributed by atoms with Gasteiger partial charge >= 0.3 is 0 Å². The summed E-state index contributed by atoms with van der Waals surface area (Å²) in [7, 11) is -4.25. The lowest BCUT2D eigenvalue weighted by Crippen LogP contribution is -2.53. The van der Waals surface area contributed by atoms with Crippen LogP contribution in [0.1, 0.15) is 44.6 Å². The number of rotatable bonds is 11. The number of nitrogens with zero attached hydrogens (tertiary/aromatic N) is 2. The molecule has 0 saturated heterocycles. The number of hydrogen-bond donors (Lipinski definition) is 1. The smallest absolute Gasteiger partial charge is 0.264 e. The Morgan fingerprint density at radius 3 is 2.20 bits per heavy atom. The standard InChI is InChI=1S/C30H32Cl3N3O4S/c1-2-27(30(38)34-24-8-6-7-9-24)35(19-21-12-14-22(31)15-13-21)29(37)20-36(28-18-23(32)16-17-26(28)33)41(39,40)25-10-4-3-5-11-25/h3-5,10-18,24,27H,2,6-9,19-20H2,1H3,(H,34,38). The Balaban J connectivity index is 1.73. The Hall–Kier alpha value is -2.78. The monoisotopic (exact) mass is 635 g/mol. The van der Waals surface area contributed by atoms with Crippen LogP contribution in [0.5, 0.6) is 0 Å². The van der Waals surface area contributed by atoms with Gasteiger partial charge in [-0.1, -0.05) is 84.9 Å². The van der Waals surface area contributed by atoms with Crippen molar-refractivity contribution in [2.24, 2.45) is 0 Å². The highest BCUT2D eigenvalue weighted by atomic mass is 35.5. The average Bonchev–Trinajstić information content (AvgIpc) is 3.47. The van der Waals surface area contributed by atoms with Gasteiger partial charge in [0.25, 0.3) is 10.0 Å². The first-order valence-corrected chi connectivity index (χ1v) is 16.0. The number of nitrogens with one attached hydrogen (secondary N) is 1. The quantitative estimate of drug-likeness (QED) is 0.254. The van der Waals surface area contributed by atoms with Gasteiger partial charge in [0.1, 0.15) is 12.6 Å². The van der Waals surface area contributed by atoms with Crippen LogP contribution in [-0.2, 0) is 26.2 Å². The van der Waals surface area contributed by atoms with Gasteiger partial charge in [0, 0.05) is 22.6 Å². The molecule has 1 fully saturated rings. The van der Waals surface area contributed by atoms with Gasteiger partial charge in [-0.05, 0) is 67.3 Å². The molecule has 0 radical (unpaired) electrons. The lowest BCUT2D eigenvalue weighted by atomic mass is 10.1. The van der Waals surface area contributed by atoms with Crippen LogP contribution < -0.4 is 9.62 Å². The molecule has 1 saturated carbocycles. The molecule has 0 bridgehead atoms. The maximum absolute atomic E-state index is 14.2. The van der Waals surface area contributed by atoms with Crippen LogP contribution in [0, 0.1) is 0 Å². The van der Waals surface area contributed by atoms with Crippen molar-refractivity contribution in [1.82, 2.24) is 10.2 Å². The van der Waals surface area contributed by atoms with E-state index < -0.39 is 28.5 Å². The Kier molecular flexibility index (Phi) is 10.6. The number of carbonyl (C=O) groups excluding carboxylic acids is 2. The van der Waals surface area contributed by atoms with E-state index in [1.54, 1.807) is 42.5 Å². The van der Waals surface area contributed by atoms with Crippen LogP contribution in [0.15, 0.2) is 77.7 Å². The van der Waals surface area contributed by atoms with Gasteiger partial charge in [0.15, 0.2) is 0 Å². The van der Waals surface area contributed by atoms with Crippen molar-refractivity contribution >= 4 is 62.3 Å². The molecule has 1 atom stereocenters.